The van der Waals surface area contributed by atoms with Gasteiger partial charge in [-0.05, 0) is 36.2 Å². The van der Waals surface area contributed by atoms with Crippen LogP contribution in [0.15, 0.2) is 47.1 Å². The van der Waals surface area contributed by atoms with E-state index in [0.717, 1.165) is 11.1 Å². The Morgan fingerprint density at radius 3 is 2.46 bits per heavy atom. The summed E-state index contributed by atoms with van der Waals surface area (Å²) in [7, 11) is 1.32. The lowest BCUT2D eigenvalue weighted by atomic mass is 9.43. The van der Waals surface area contributed by atoms with Crippen molar-refractivity contribution in [2.24, 2.45) is 28.6 Å². The van der Waals surface area contributed by atoms with Crippen molar-refractivity contribution in [2.45, 2.75) is 58.7 Å². The normalized spacial score (nSPS) is 35.1. The van der Waals surface area contributed by atoms with E-state index in [0.29, 0.717) is 25.0 Å². The number of ketones is 1. The average molecular weight is 509 g/mol. The second-order valence-corrected chi connectivity index (χ2v) is 11.0. The topological polar surface area (TPSA) is 109 Å². The molecule has 0 unspecified atom stereocenters. The Kier molecular flexibility index (Phi) is 6.24. The number of Topliss-reactive ketones (excluding diaryl/α,β-unsaturated/α-hetero) is 1. The summed E-state index contributed by atoms with van der Waals surface area (Å²) in [6.45, 7) is 5.13. The van der Waals surface area contributed by atoms with E-state index in [9.17, 15) is 19.2 Å². The minimum atomic E-state index is -1.07. The molecule has 0 bridgehead atoms. The van der Waals surface area contributed by atoms with Crippen molar-refractivity contribution in [3.05, 3.63) is 48.2 Å². The van der Waals surface area contributed by atoms with E-state index >= 15 is 0 Å². The lowest BCUT2D eigenvalue weighted by molar-refractivity contribution is -0.210. The zero-order valence-electron chi connectivity index (χ0n) is 21.5. The second-order valence-electron chi connectivity index (χ2n) is 11.0. The Hall–Kier alpha value is -3.42. The lowest BCUT2D eigenvalue weighted by Gasteiger charge is -2.61. The van der Waals surface area contributed by atoms with Crippen molar-refractivity contribution in [1.82, 2.24) is 0 Å². The van der Waals surface area contributed by atoms with Crippen LogP contribution in [-0.4, -0.2) is 36.9 Å². The van der Waals surface area contributed by atoms with Crippen molar-refractivity contribution in [1.29, 1.82) is 0 Å². The first kappa shape index (κ1) is 25.2. The maximum atomic E-state index is 14.0. The first-order valence-electron chi connectivity index (χ1n) is 12.7. The van der Waals surface area contributed by atoms with E-state index in [-0.39, 0.29) is 18.2 Å². The fourth-order valence-corrected chi connectivity index (χ4v) is 7.39. The number of benzene rings is 1. The molecule has 7 atom stereocenters. The fourth-order valence-electron chi connectivity index (χ4n) is 7.39. The van der Waals surface area contributed by atoms with Gasteiger partial charge >= 0.3 is 17.9 Å². The predicted molar refractivity (Wildman–Crippen MR) is 131 cm³/mol. The van der Waals surface area contributed by atoms with Crippen molar-refractivity contribution in [3.63, 3.8) is 0 Å². The number of hydrogen-bond donors (Lipinski definition) is 0. The molecule has 5 rings (SSSR count). The molecule has 1 aliphatic heterocycles. The third-order valence-corrected chi connectivity index (χ3v) is 8.97. The second kappa shape index (κ2) is 9.15. The smallest absolute Gasteiger partial charge is 0.310 e. The average Bonchev–Trinajstić information content (AvgIpc) is 3.35. The summed E-state index contributed by atoms with van der Waals surface area (Å²) in [4.78, 5) is 52.3. The highest BCUT2D eigenvalue weighted by molar-refractivity contribution is 5.93. The number of cyclic esters (lactones) is 1. The molecule has 2 aliphatic carbocycles. The SMILES string of the molecule is COC(=O)[C@@H]1C[C@H](OC(C)=O)C(=O)[C@H]2[C@@]1(C)CC[C@H]1C(=O)O[C@H](c3ccoc3-c3ccccc3)C[C@]21C. The van der Waals surface area contributed by atoms with Crippen LogP contribution in [0.3, 0.4) is 0 Å². The van der Waals surface area contributed by atoms with Crippen LogP contribution in [0.5, 0.6) is 0 Å². The van der Waals surface area contributed by atoms with Gasteiger partial charge in [0.05, 0.1) is 25.2 Å². The van der Waals surface area contributed by atoms with Crippen LogP contribution in [0.25, 0.3) is 11.3 Å². The summed E-state index contributed by atoms with van der Waals surface area (Å²) in [5.74, 6) is -2.89. The minimum absolute atomic E-state index is 0.0760. The molecule has 0 N–H and O–H groups in total. The van der Waals surface area contributed by atoms with Crippen LogP contribution in [0, 0.1) is 28.6 Å². The van der Waals surface area contributed by atoms with Crippen LogP contribution < -0.4 is 0 Å². The van der Waals surface area contributed by atoms with E-state index < -0.39 is 52.7 Å². The summed E-state index contributed by atoms with van der Waals surface area (Å²) in [6, 6.07) is 11.4. The van der Waals surface area contributed by atoms with Crippen LogP contribution in [0.1, 0.15) is 58.1 Å². The van der Waals surface area contributed by atoms with Crippen LogP contribution >= 0.6 is 0 Å². The van der Waals surface area contributed by atoms with Gasteiger partial charge in [-0.2, -0.15) is 0 Å². The Labute approximate surface area is 215 Å². The molecule has 0 spiro atoms. The van der Waals surface area contributed by atoms with Gasteiger partial charge in [0.1, 0.15) is 11.9 Å². The molecular formula is C29H32O8. The maximum Gasteiger partial charge on any atom is 0.310 e. The molecule has 196 valence electrons. The Morgan fingerprint density at radius 2 is 1.78 bits per heavy atom. The summed E-state index contributed by atoms with van der Waals surface area (Å²) >= 11 is 0. The van der Waals surface area contributed by atoms with E-state index in [1.165, 1.54) is 14.0 Å². The number of carbonyl (C=O) groups excluding carboxylic acids is 4. The maximum absolute atomic E-state index is 14.0. The van der Waals surface area contributed by atoms with Crippen molar-refractivity contribution in [3.8, 4) is 11.3 Å². The minimum Gasteiger partial charge on any atom is -0.469 e. The number of hydrogen-bond acceptors (Lipinski definition) is 8. The standard InChI is InChI=1S/C29H32O8/c1-16(30)36-21-14-20(26(32)34-4)28(2)12-10-19-27(33)37-22(15-29(19,3)25(28)23(21)31)18-11-13-35-24(18)17-8-6-5-7-9-17/h5-9,11,13,19-22,25H,10,12,14-15H2,1-4H3/t19-,20-,21-,22-,25-,28-,29-/m0/s1. The molecule has 37 heavy (non-hydrogen) atoms. The number of ether oxygens (including phenoxy) is 3. The number of carbonyl (C=O) groups is 4. The molecule has 1 aromatic heterocycles. The van der Waals surface area contributed by atoms with Gasteiger partial charge in [-0.1, -0.05) is 44.2 Å². The van der Waals surface area contributed by atoms with E-state index in [1.807, 2.05) is 44.2 Å². The summed E-state index contributed by atoms with van der Waals surface area (Å²) in [6.07, 6.45) is 1.29. The molecule has 2 saturated carbocycles. The van der Waals surface area contributed by atoms with Gasteiger partial charge in [-0.3, -0.25) is 19.2 Å². The third kappa shape index (κ3) is 3.97. The van der Waals surface area contributed by atoms with Gasteiger partial charge in [0, 0.05) is 30.4 Å². The molecule has 8 heteroatoms. The zero-order valence-corrected chi connectivity index (χ0v) is 21.5. The van der Waals surface area contributed by atoms with E-state index in [2.05, 4.69) is 0 Å². The summed E-state index contributed by atoms with van der Waals surface area (Å²) < 4.78 is 22.3. The van der Waals surface area contributed by atoms with Gasteiger partial charge < -0.3 is 18.6 Å². The van der Waals surface area contributed by atoms with Gasteiger partial charge in [0.15, 0.2) is 11.9 Å². The zero-order chi connectivity index (χ0) is 26.5. The monoisotopic (exact) mass is 508 g/mol. The molecular weight excluding hydrogens is 476 g/mol. The van der Waals surface area contributed by atoms with Crippen molar-refractivity contribution >= 4 is 23.7 Å². The largest absolute Gasteiger partial charge is 0.469 e. The summed E-state index contributed by atoms with van der Waals surface area (Å²) in [5.41, 5.74) is -0.00244. The quantitative estimate of drug-likeness (QED) is 0.433. The van der Waals surface area contributed by atoms with Crippen molar-refractivity contribution < 1.29 is 37.8 Å². The highest BCUT2D eigenvalue weighted by Gasteiger charge is 2.67. The molecule has 2 aromatic rings. The van der Waals surface area contributed by atoms with Crippen LogP contribution in [0.4, 0.5) is 0 Å². The molecule has 0 radical (unpaired) electrons. The molecule has 8 nitrogen and oxygen atoms in total. The highest BCUT2D eigenvalue weighted by Crippen LogP contribution is 2.65. The number of esters is 3. The lowest BCUT2D eigenvalue weighted by Crippen LogP contribution is -2.64. The highest BCUT2D eigenvalue weighted by atomic mass is 16.6. The number of methoxy groups -OCH3 is 1. The molecule has 1 saturated heterocycles. The number of fused-ring (bicyclic) bond motifs is 3. The Bertz CT molecular complexity index is 1230. The molecule has 3 fully saturated rings. The van der Waals surface area contributed by atoms with Gasteiger partial charge in [-0.15, -0.1) is 0 Å². The van der Waals surface area contributed by atoms with E-state index in [1.54, 1.807) is 12.3 Å². The van der Waals surface area contributed by atoms with Gasteiger partial charge in [0.25, 0.3) is 0 Å². The van der Waals surface area contributed by atoms with Gasteiger partial charge in [-0.25, -0.2) is 0 Å². The number of rotatable bonds is 4. The van der Waals surface area contributed by atoms with E-state index in [4.69, 9.17) is 18.6 Å². The Balaban J connectivity index is 1.58. The summed E-state index contributed by atoms with van der Waals surface area (Å²) in [5, 5.41) is 0. The van der Waals surface area contributed by atoms with Crippen LogP contribution in [0.2, 0.25) is 0 Å². The number of furan rings is 1. The third-order valence-electron chi connectivity index (χ3n) is 8.97. The van der Waals surface area contributed by atoms with Crippen molar-refractivity contribution in [2.75, 3.05) is 7.11 Å². The molecule has 0 amide bonds. The first-order chi connectivity index (χ1) is 17.6. The Morgan fingerprint density at radius 1 is 1.05 bits per heavy atom. The first-order valence-corrected chi connectivity index (χ1v) is 12.7. The van der Waals surface area contributed by atoms with Crippen LogP contribution in [-0.2, 0) is 33.4 Å². The molecule has 3 aliphatic rings. The van der Waals surface area contributed by atoms with Gasteiger partial charge in [0.2, 0.25) is 0 Å². The fraction of sp³-hybridized carbons (Fsp3) is 0.517. The predicted octanol–water partition coefficient (Wildman–Crippen LogP) is 4.67. The molecule has 2 heterocycles. The molecule has 1 aromatic carbocycles.